The van der Waals surface area contributed by atoms with Crippen LogP contribution in [0.3, 0.4) is 0 Å². The molecule has 0 rings (SSSR count). The normalized spacial score (nSPS) is 9.50. The van der Waals surface area contributed by atoms with Crippen molar-refractivity contribution in [3.63, 3.8) is 0 Å². The summed E-state index contributed by atoms with van der Waals surface area (Å²) >= 11 is 0. The molecular formula is C9H26N2O. The SMILES string of the molecule is CCCN(CC)CCCN.CO.[HH]. The van der Waals surface area contributed by atoms with Crippen molar-refractivity contribution in [3.05, 3.63) is 0 Å². The minimum atomic E-state index is 0. The van der Waals surface area contributed by atoms with Gasteiger partial charge in [-0.3, -0.25) is 0 Å². The largest absolute Gasteiger partial charge is 0.400 e. The number of hydrogen-bond donors (Lipinski definition) is 2. The lowest BCUT2D eigenvalue weighted by molar-refractivity contribution is 0.287. The highest BCUT2D eigenvalue weighted by atomic mass is 16.2. The summed E-state index contributed by atoms with van der Waals surface area (Å²) in [7, 11) is 1.00. The molecule has 0 amide bonds. The van der Waals surface area contributed by atoms with Gasteiger partial charge in [-0.1, -0.05) is 13.8 Å². The molecule has 78 valence electrons. The predicted octanol–water partition coefficient (Wildman–Crippen LogP) is 0.922. The highest BCUT2D eigenvalue weighted by Crippen LogP contribution is 1.91. The standard InChI is InChI=1S/C8H20N2.CH4O.H2/c1-3-7-10(4-2)8-5-6-9;1-2;/h3-9H2,1-2H3;2H,1H3;1H. The molecule has 0 aromatic heterocycles. The van der Waals surface area contributed by atoms with Gasteiger partial charge in [0.25, 0.3) is 0 Å². The van der Waals surface area contributed by atoms with E-state index < -0.39 is 0 Å². The number of hydrogen-bond acceptors (Lipinski definition) is 3. The first kappa shape index (κ1) is 14.4. The molecule has 0 unspecified atom stereocenters. The molecule has 3 heteroatoms. The monoisotopic (exact) mass is 178 g/mol. The summed E-state index contributed by atoms with van der Waals surface area (Å²) in [5.74, 6) is 0. The molecule has 0 heterocycles. The molecule has 0 aromatic carbocycles. The van der Waals surface area contributed by atoms with Gasteiger partial charge in [-0.05, 0) is 39.0 Å². The van der Waals surface area contributed by atoms with Gasteiger partial charge in [-0.2, -0.15) is 0 Å². The van der Waals surface area contributed by atoms with Crippen LogP contribution in [-0.4, -0.2) is 43.3 Å². The average molecular weight is 178 g/mol. The van der Waals surface area contributed by atoms with Crippen LogP contribution >= 0.6 is 0 Å². The van der Waals surface area contributed by atoms with Crippen LogP contribution in [0.4, 0.5) is 0 Å². The van der Waals surface area contributed by atoms with Gasteiger partial charge in [-0.25, -0.2) is 0 Å². The van der Waals surface area contributed by atoms with Crippen LogP contribution in [0.25, 0.3) is 0 Å². The van der Waals surface area contributed by atoms with E-state index in [0.717, 1.165) is 26.6 Å². The van der Waals surface area contributed by atoms with Crippen LogP contribution in [0.15, 0.2) is 0 Å². The van der Waals surface area contributed by atoms with E-state index in [2.05, 4.69) is 18.7 Å². The van der Waals surface area contributed by atoms with Crippen molar-refractivity contribution in [1.82, 2.24) is 4.90 Å². The predicted molar refractivity (Wildman–Crippen MR) is 56.3 cm³/mol. The van der Waals surface area contributed by atoms with Gasteiger partial charge < -0.3 is 15.7 Å². The van der Waals surface area contributed by atoms with E-state index in [0.29, 0.717) is 0 Å². The molecule has 0 saturated heterocycles. The number of nitrogens with two attached hydrogens (primary N) is 1. The van der Waals surface area contributed by atoms with Crippen LogP contribution in [0.1, 0.15) is 28.1 Å². The maximum absolute atomic E-state index is 7.00. The van der Waals surface area contributed by atoms with Crippen molar-refractivity contribution in [1.29, 1.82) is 0 Å². The zero-order chi connectivity index (χ0) is 9.82. The summed E-state index contributed by atoms with van der Waals surface area (Å²) in [6.45, 7) is 8.78. The van der Waals surface area contributed by atoms with Crippen LogP contribution in [0.5, 0.6) is 0 Å². The molecule has 0 aliphatic carbocycles. The van der Waals surface area contributed by atoms with Gasteiger partial charge in [0.1, 0.15) is 0 Å². The van der Waals surface area contributed by atoms with Crippen molar-refractivity contribution < 1.29 is 6.53 Å². The zero-order valence-electron chi connectivity index (χ0n) is 8.71. The third-order valence-electron chi connectivity index (χ3n) is 1.67. The summed E-state index contributed by atoms with van der Waals surface area (Å²) in [4.78, 5) is 2.44. The summed E-state index contributed by atoms with van der Waals surface area (Å²) in [5, 5.41) is 7.00. The molecule has 0 saturated carbocycles. The lowest BCUT2D eigenvalue weighted by atomic mass is 10.3. The number of aliphatic hydroxyl groups is 1. The Morgan fingerprint density at radius 1 is 1.25 bits per heavy atom. The van der Waals surface area contributed by atoms with Crippen LogP contribution < -0.4 is 5.73 Å². The second-order valence-electron chi connectivity index (χ2n) is 2.58. The van der Waals surface area contributed by atoms with Crippen molar-refractivity contribution in [2.45, 2.75) is 26.7 Å². The second kappa shape index (κ2) is 13.5. The van der Waals surface area contributed by atoms with Gasteiger partial charge in [-0.15, -0.1) is 0 Å². The molecule has 12 heavy (non-hydrogen) atoms. The van der Waals surface area contributed by atoms with E-state index in [1.54, 1.807) is 0 Å². The van der Waals surface area contributed by atoms with E-state index in [1.807, 2.05) is 0 Å². The van der Waals surface area contributed by atoms with E-state index >= 15 is 0 Å². The summed E-state index contributed by atoms with van der Waals surface area (Å²) in [6, 6.07) is 0. The Morgan fingerprint density at radius 2 is 1.83 bits per heavy atom. The Kier molecular flexibility index (Phi) is 16.2. The molecule has 0 radical (unpaired) electrons. The lowest BCUT2D eigenvalue weighted by Crippen LogP contribution is -2.26. The first-order valence-electron chi connectivity index (χ1n) is 4.72. The van der Waals surface area contributed by atoms with Gasteiger partial charge in [0, 0.05) is 8.54 Å². The second-order valence-corrected chi connectivity index (χ2v) is 2.58. The Balaban J connectivity index is -0.000000309. The van der Waals surface area contributed by atoms with Crippen molar-refractivity contribution >= 4 is 0 Å². The number of aliphatic hydroxyl groups excluding tert-OH is 1. The number of rotatable bonds is 6. The van der Waals surface area contributed by atoms with Crippen LogP contribution in [0, 0.1) is 0 Å². The van der Waals surface area contributed by atoms with Crippen molar-refractivity contribution in [3.8, 4) is 0 Å². The molecule has 0 spiro atoms. The molecule has 0 atom stereocenters. The first-order valence-corrected chi connectivity index (χ1v) is 4.72. The molecule has 0 aliphatic heterocycles. The molecule has 3 N–H and O–H groups in total. The van der Waals surface area contributed by atoms with Gasteiger partial charge in [0.2, 0.25) is 0 Å². The van der Waals surface area contributed by atoms with Crippen molar-refractivity contribution in [2.24, 2.45) is 5.73 Å². The van der Waals surface area contributed by atoms with Gasteiger partial charge in [0.15, 0.2) is 0 Å². The smallest absolute Gasteiger partial charge is 0.0319 e. The maximum atomic E-state index is 7.00. The Morgan fingerprint density at radius 3 is 2.17 bits per heavy atom. The number of nitrogens with zero attached hydrogens (tertiary/aromatic N) is 1. The molecular weight excluding hydrogens is 152 g/mol. The third kappa shape index (κ3) is 9.88. The molecule has 0 bridgehead atoms. The Bertz CT molecular complexity index is 74.6. The van der Waals surface area contributed by atoms with Crippen LogP contribution in [-0.2, 0) is 0 Å². The molecule has 0 aliphatic rings. The average Bonchev–Trinajstić information content (AvgIpc) is 2.15. The topological polar surface area (TPSA) is 49.5 Å². The minimum absolute atomic E-state index is 0. The van der Waals surface area contributed by atoms with Gasteiger partial charge >= 0.3 is 0 Å². The summed E-state index contributed by atoms with van der Waals surface area (Å²) in [6.07, 6.45) is 2.38. The van der Waals surface area contributed by atoms with E-state index in [1.165, 1.54) is 19.5 Å². The lowest BCUT2D eigenvalue weighted by Gasteiger charge is -2.18. The molecule has 0 aromatic rings. The molecule has 0 fully saturated rings. The van der Waals surface area contributed by atoms with E-state index in [-0.39, 0.29) is 1.43 Å². The Labute approximate surface area is 78.0 Å². The summed E-state index contributed by atoms with van der Waals surface area (Å²) in [5.41, 5.74) is 5.40. The molecule has 3 nitrogen and oxygen atoms in total. The highest BCUT2D eigenvalue weighted by molar-refractivity contribution is 4.53. The third-order valence-corrected chi connectivity index (χ3v) is 1.67. The van der Waals surface area contributed by atoms with Gasteiger partial charge in [0.05, 0.1) is 0 Å². The van der Waals surface area contributed by atoms with Crippen molar-refractivity contribution in [2.75, 3.05) is 33.3 Å². The quantitative estimate of drug-likeness (QED) is 0.636. The summed E-state index contributed by atoms with van der Waals surface area (Å²) < 4.78 is 0. The highest BCUT2D eigenvalue weighted by Gasteiger charge is 1.97. The zero-order valence-corrected chi connectivity index (χ0v) is 8.71. The fourth-order valence-corrected chi connectivity index (χ4v) is 1.06. The van der Waals surface area contributed by atoms with E-state index in [9.17, 15) is 0 Å². The minimum Gasteiger partial charge on any atom is -0.400 e. The fourth-order valence-electron chi connectivity index (χ4n) is 1.06. The van der Waals surface area contributed by atoms with Crippen LogP contribution in [0.2, 0.25) is 0 Å². The first-order chi connectivity index (χ1) is 5.85. The van der Waals surface area contributed by atoms with E-state index in [4.69, 9.17) is 10.8 Å². The maximum Gasteiger partial charge on any atom is 0.0319 e. The fraction of sp³-hybridized carbons (Fsp3) is 1.00. The Hall–Kier alpha value is -0.120.